The Hall–Kier alpha value is -2.98. The molecule has 0 heterocycles. The number of carbonyl (C=O) groups excluding carboxylic acids is 2. The zero-order valence-corrected chi connectivity index (χ0v) is 14.4. The molecule has 0 aliphatic rings. The monoisotopic (exact) mass is 355 g/mol. The fourth-order valence-electron chi connectivity index (χ4n) is 1.98. The molecule has 0 fully saturated rings. The largest absolute Gasteiger partial charge is 0.484 e. The molecule has 0 spiro atoms. The molecule has 2 aromatic rings. The van der Waals surface area contributed by atoms with Gasteiger partial charge in [-0.2, -0.15) is 17.0 Å². The highest BCUT2D eigenvalue weighted by molar-refractivity contribution is 7.97. The van der Waals surface area contributed by atoms with E-state index in [1.165, 1.54) is 0 Å². The van der Waals surface area contributed by atoms with Crippen molar-refractivity contribution in [3.05, 3.63) is 65.2 Å². The molecule has 0 atom stereocenters. The van der Waals surface area contributed by atoms with Gasteiger partial charge in [-0.05, 0) is 48.2 Å². The highest BCUT2D eigenvalue weighted by atomic mass is 32.2. The van der Waals surface area contributed by atoms with Gasteiger partial charge in [0.05, 0.1) is 11.6 Å². The van der Waals surface area contributed by atoms with Crippen LogP contribution in [0.4, 0.5) is 0 Å². The SMILES string of the molecule is CSCc1cccc(C(=O)NNC(=O)COc2ccc(C#N)cc2)c1. The second-order valence-corrected chi connectivity index (χ2v) is 5.93. The van der Waals surface area contributed by atoms with Gasteiger partial charge < -0.3 is 4.74 Å². The van der Waals surface area contributed by atoms with Crippen molar-refractivity contribution in [1.29, 1.82) is 5.26 Å². The van der Waals surface area contributed by atoms with Crippen molar-refractivity contribution < 1.29 is 14.3 Å². The molecule has 0 aromatic heterocycles. The number of ether oxygens (including phenoxy) is 1. The van der Waals surface area contributed by atoms with Gasteiger partial charge in [-0.3, -0.25) is 20.4 Å². The molecule has 2 aromatic carbocycles. The van der Waals surface area contributed by atoms with Crippen LogP contribution in [0.15, 0.2) is 48.5 Å². The fraction of sp³-hybridized carbons (Fsp3) is 0.167. The number of thioether (sulfide) groups is 1. The summed E-state index contributed by atoms with van der Waals surface area (Å²) in [6.45, 7) is -0.251. The van der Waals surface area contributed by atoms with Gasteiger partial charge in [0.15, 0.2) is 6.61 Å². The minimum absolute atomic E-state index is 0.251. The minimum Gasteiger partial charge on any atom is -0.484 e. The summed E-state index contributed by atoms with van der Waals surface area (Å²) in [6, 6.07) is 15.6. The second-order valence-electron chi connectivity index (χ2n) is 5.06. The summed E-state index contributed by atoms with van der Waals surface area (Å²) in [4.78, 5) is 23.8. The van der Waals surface area contributed by atoms with Gasteiger partial charge in [-0.1, -0.05) is 12.1 Å². The summed E-state index contributed by atoms with van der Waals surface area (Å²) in [6.07, 6.45) is 1.99. The molecular formula is C18H17N3O3S. The molecule has 25 heavy (non-hydrogen) atoms. The van der Waals surface area contributed by atoms with Crippen molar-refractivity contribution in [2.75, 3.05) is 12.9 Å². The molecule has 0 saturated carbocycles. The quantitative estimate of drug-likeness (QED) is 0.776. The maximum Gasteiger partial charge on any atom is 0.276 e. The molecule has 0 aliphatic heterocycles. The first-order chi connectivity index (χ1) is 12.1. The maximum atomic E-state index is 12.0. The van der Waals surface area contributed by atoms with Crippen molar-refractivity contribution in [2.45, 2.75) is 5.75 Å². The first-order valence-electron chi connectivity index (χ1n) is 7.42. The zero-order valence-electron chi connectivity index (χ0n) is 13.6. The van der Waals surface area contributed by atoms with Crippen LogP contribution in [0.2, 0.25) is 0 Å². The normalized spacial score (nSPS) is 9.76. The van der Waals surface area contributed by atoms with E-state index < -0.39 is 11.8 Å². The molecule has 0 saturated heterocycles. The Morgan fingerprint density at radius 1 is 1.16 bits per heavy atom. The van der Waals surface area contributed by atoms with E-state index >= 15 is 0 Å². The van der Waals surface area contributed by atoms with Gasteiger partial charge in [-0.25, -0.2) is 0 Å². The van der Waals surface area contributed by atoms with Crippen LogP contribution in [0.1, 0.15) is 21.5 Å². The number of rotatable bonds is 6. The number of nitriles is 1. The van der Waals surface area contributed by atoms with Gasteiger partial charge in [0, 0.05) is 11.3 Å². The van der Waals surface area contributed by atoms with E-state index in [-0.39, 0.29) is 6.61 Å². The summed E-state index contributed by atoms with van der Waals surface area (Å²) in [7, 11) is 0. The van der Waals surface area contributed by atoms with Crippen LogP contribution < -0.4 is 15.6 Å². The number of amides is 2. The molecule has 0 bridgehead atoms. The highest BCUT2D eigenvalue weighted by Crippen LogP contribution is 2.12. The molecule has 2 rings (SSSR count). The van der Waals surface area contributed by atoms with E-state index in [2.05, 4.69) is 10.9 Å². The number of nitrogens with one attached hydrogen (secondary N) is 2. The average molecular weight is 355 g/mol. The van der Waals surface area contributed by atoms with E-state index in [1.54, 1.807) is 54.2 Å². The number of benzene rings is 2. The Bertz CT molecular complexity index is 785. The molecule has 0 unspecified atom stereocenters. The molecule has 7 heteroatoms. The van der Waals surface area contributed by atoms with Crippen molar-refractivity contribution in [1.82, 2.24) is 10.9 Å². The van der Waals surface area contributed by atoms with Crippen LogP contribution in [0.5, 0.6) is 5.75 Å². The molecule has 0 aliphatic carbocycles. The van der Waals surface area contributed by atoms with Crippen molar-refractivity contribution in [3.8, 4) is 11.8 Å². The first-order valence-corrected chi connectivity index (χ1v) is 8.82. The van der Waals surface area contributed by atoms with Gasteiger partial charge in [0.25, 0.3) is 11.8 Å². The Kier molecular flexibility index (Phi) is 6.87. The van der Waals surface area contributed by atoms with Crippen LogP contribution in [0.3, 0.4) is 0 Å². The summed E-state index contributed by atoms with van der Waals surface area (Å²) in [5.74, 6) is 0.393. The highest BCUT2D eigenvalue weighted by Gasteiger charge is 2.08. The van der Waals surface area contributed by atoms with Crippen LogP contribution >= 0.6 is 11.8 Å². The summed E-state index contributed by atoms with van der Waals surface area (Å²) < 4.78 is 5.28. The van der Waals surface area contributed by atoms with Crippen molar-refractivity contribution in [2.24, 2.45) is 0 Å². The Labute approximate surface area is 150 Å². The van der Waals surface area contributed by atoms with E-state index in [0.29, 0.717) is 16.9 Å². The molecule has 6 nitrogen and oxygen atoms in total. The number of nitrogens with zero attached hydrogens (tertiary/aromatic N) is 1. The Morgan fingerprint density at radius 2 is 1.92 bits per heavy atom. The van der Waals surface area contributed by atoms with Crippen LogP contribution in [-0.4, -0.2) is 24.7 Å². The Balaban J connectivity index is 1.79. The lowest BCUT2D eigenvalue weighted by Gasteiger charge is -2.09. The summed E-state index contributed by atoms with van der Waals surface area (Å²) in [5, 5.41) is 8.71. The van der Waals surface area contributed by atoms with E-state index in [4.69, 9.17) is 10.00 Å². The number of hydrogen-bond donors (Lipinski definition) is 2. The van der Waals surface area contributed by atoms with Crippen LogP contribution in [0, 0.1) is 11.3 Å². The minimum atomic E-state index is -0.488. The van der Waals surface area contributed by atoms with E-state index in [0.717, 1.165) is 11.3 Å². The lowest BCUT2D eigenvalue weighted by molar-refractivity contribution is -0.123. The van der Waals surface area contributed by atoms with Crippen LogP contribution in [-0.2, 0) is 10.5 Å². The molecule has 2 N–H and O–H groups in total. The Morgan fingerprint density at radius 3 is 2.60 bits per heavy atom. The number of carbonyl (C=O) groups is 2. The third-order valence-electron chi connectivity index (χ3n) is 3.17. The predicted octanol–water partition coefficient (Wildman–Crippen LogP) is 2.26. The third-order valence-corrected chi connectivity index (χ3v) is 3.79. The van der Waals surface area contributed by atoms with Crippen LogP contribution in [0.25, 0.3) is 0 Å². The standard InChI is InChI=1S/C18H17N3O3S/c1-25-12-14-3-2-4-15(9-14)18(23)21-20-17(22)11-24-16-7-5-13(10-19)6-8-16/h2-9H,11-12H2,1H3,(H,20,22)(H,21,23). The topological polar surface area (TPSA) is 91.2 Å². The lowest BCUT2D eigenvalue weighted by atomic mass is 10.1. The number of hydrazine groups is 1. The zero-order chi connectivity index (χ0) is 18.1. The smallest absolute Gasteiger partial charge is 0.276 e. The van der Waals surface area contributed by atoms with Gasteiger partial charge in [0.2, 0.25) is 0 Å². The first kappa shape index (κ1) is 18.4. The van der Waals surface area contributed by atoms with Gasteiger partial charge >= 0.3 is 0 Å². The van der Waals surface area contributed by atoms with Crippen molar-refractivity contribution >= 4 is 23.6 Å². The van der Waals surface area contributed by atoms with Crippen molar-refractivity contribution in [3.63, 3.8) is 0 Å². The van der Waals surface area contributed by atoms with Gasteiger partial charge in [0.1, 0.15) is 5.75 Å². The molecule has 0 radical (unpaired) electrons. The third kappa shape index (κ3) is 5.86. The fourth-order valence-corrected chi connectivity index (χ4v) is 2.49. The lowest BCUT2D eigenvalue weighted by Crippen LogP contribution is -2.43. The molecule has 2 amide bonds. The average Bonchev–Trinajstić information content (AvgIpc) is 2.65. The van der Waals surface area contributed by atoms with E-state index in [9.17, 15) is 9.59 Å². The number of hydrogen-bond acceptors (Lipinski definition) is 5. The molecular weight excluding hydrogens is 338 g/mol. The van der Waals surface area contributed by atoms with E-state index in [1.807, 2.05) is 18.4 Å². The summed E-state index contributed by atoms with van der Waals surface area (Å²) in [5.41, 5.74) is 6.68. The summed E-state index contributed by atoms with van der Waals surface area (Å²) >= 11 is 1.66. The molecule has 128 valence electrons. The maximum absolute atomic E-state index is 12.0. The predicted molar refractivity (Wildman–Crippen MR) is 95.9 cm³/mol. The second kappa shape index (κ2) is 9.35. The van der Waals surface area contributed by atoms with Gasteiger partial charge in [-0.15, -0.1) is 0 Å².